The van der Waals surface area contributed by atoms with E-state index in [1.807, 2.05) is 23.9 Å². The zero-order valence-electron chi connectivity index (χ0n) is 12.1. The summed E-state index contributed by atoms with van der Waals surface area (Å²) < 4.78 is 0. The van der Waals surface area contributed by atoms with Crippen LogP contribution in [0, 0.1) is 5.92 Å². The Morgan fingerprint density at radius 1 is 1.40 bits per heavy atom. The van der Waals surface area contributed by atoms with Crippen LogP contribution in [-0.2, 0) is 4.79 Å². The molecule has 1 saturated heterocycles. The monoisotopic (exact) mass is 279 g/mol. The van der Waals surface area contributed by atoms with Crippen LogP contribution in [0.15, 0.2) is 0 Å². The fraction of sp³-hybridized carbons (Fsp3) is 0.667. The highest BCUT2D eigenvalue weighted by atomic mass is 16.1. The first kappa shape index (κ1) is 14.3. The van der Waals surface area contributed by atoms with Gasteiger partial charge in [-0.2, -0.15) is 15.0 Å². The Morgan fingerprint density at radius 2 is 2.15 bits per heavy atom. The minimum atomic E-state index is -0.259. The lowest BCUT2D eigenvalue weighted by atomic mass is 9.98. The van der Waals surface area contributed by atoms with Gasteiger partial charge in [0.05, 0.1) is 5.92 Å². The Balaban J connectivity index is 2.26. The van der Waals surface area contributed by atoms with Gasteiger partial charge in [-0.05, 0) is 12.8 Å². The molecule has 0 saturated carbocycles. The van der Waals surface area contributed by atoms with Gasteiger partial charge >= 0.3 is 0 Å². The van der Waals surface area contributed by atoms with Crippen molar-refractivity contribution in [3.8, 4) is 0 Å². The highest BCUT2D eigenvalue weighted by Crippen LogP contribution is 2.22. The van der Waals surface area contributed by atoms with Gasteiger partial charge in [0, 0.05) is 34.2 Å². The van der Waals surface area contributed by atoms with E-state index in [2.05, 4.69) is 20.3 Å². The summed E-state index contributed by atoms with van der Waals surface area (Å²) in [5.41, 5.74) is 5.40. The summed E-state index contributed by atoms with van der Waals surface area (Å²) >= 11 is 0. The quantitative estimate of drug-likeness (QED) is 0.779. The third kappa shape index (κ3) is 3.06. The first-order valence-corrected chi connectivity index (χ1v) is 6.66. The van der Waals surface area contributed by atoms with Crippen molar-refractivity contribution < 1.29 is 4.79 Å². The van der Waals surface area contributed by atoms with E-state index >= 15 is 0 Å². The average molecular weight is 279 g/mol. The summed E-state index contributed by atoms with van der Waals surface area (Å²) in [5.74, 6) is 1.28. The Labute approximate surface area is 118 Å². The van der Waals surface area contributed by atoms with Crippen LogP contribution in [0.3, 0.4) is 0 Å². The second kappa shape index (κ2) is 5.89. The molecule has 2 heterocycles. The number of hydrogen-bond donors (Lipinski definition) is 2. The number of nitrogens with zero attached hydrogens (tertiary/aromatic N) is 5. The first-order valence-electron chi connectivity index (χ1n) is 6.66. The lowest BCUT2D eigenvalue weighted by Gasteiger charge is -2.31. The minimum absolute atomic E-state index is 0.138. The van der Waals surface area contributed by atoms with Crippen molar-refractivity contribution in [3.05, 3.63) is 0 Å². The second-order valence-electron chi connectivity index (χ2n) is 5.09. The smallest absolute Gasteiger partial charge is 0.231 e. The van der Waals surface area contributed by atoms with Gasteiger partial charge in [0.2, 0.25) is 23.8 Å². The molecule has 8 nitrogen and oxygen atoms in total. The summed E-state index contributed by atoms with van der Waals surface area (Å²) in [6, 6.07) is 0. The van der Waals surface area contributed by atoms with E-state index in [9.17, 15) is 4.79 Å². The van der Waals surface area contributed by atoms with Gasteiger partial charge in [-0.15, -0.1) is 0 Å². The first-order chi connectivity index (χ1) is 9.51. The largest absolute Gasteiger partial charge is 0.369 e. The lowest BCUT2D eigenvalue weighted by Crippen LogP contribution is -2.42. The molecule has 8 heteroatoms. The summed E-state index contributed by atoms with van der Waals surface area (Å²) in [5, 5.41) is 2.93. The van der Waals surface area contributed by atoms with Crippen molar-refractivity contribution in [3.63, 3.8) is 0 Å². The van der Waals surface area contributed by atoms with Gasteiger partial charge in [-0.3, -0.25) is 4.79 Å². The number of rotatable bonds is 4. The molecule has 0 bridgehead atoms. The van der Waals surface area contributed by atoms with Crippen LogP contribution in [0.1, 0.15) is 12.8 Å². The number of hydrogen-bond acceptors (Lipinski definition) is 7. The third-order valence-electron chi connectivity index (χ3n) is 3.34. The molecule has 0 aliphatic carbocycles. The molecular weight excluding hydrogens is 258 g/mol. The Kier molecular flexibility index (Phi) is 4.21. The Bertz CT molecular complexity index is 491. The molecule has 1 amide bonds. The van der Waals surface area contributed by atoms with Crippen molar-refractivity contribution in [1.82, 2.24) is 15.0 Å². The molecule has 1 aromatic heterocycles. The number of piperidine rings is 1. The Morgan fingerprint density at radius 3 is 2.75 bits per heavy atom. The predicted molar refractivity (Wildman–Crippen MR) is 77.8 cm³/mol. The van der Waals surface area contributed by atoms with E-state index in [1.165, 1.54) is 0 Å². The molecule has 2 rings (SSSR count). The maximum atomic E-state index is 11.4. The predicted octanol–water partition coefficient (Wildman–Crippen LogP) is -0.319. The van der Waals surface area contributed by atoms with E-state index in [4.69, 9.17) is 5.73 Å². The van der Waals surface area contributed by atoms with Crippen LogP contribution in [0.2, 0.25) is 0 Å². The van der Waals surface area contributed by atoms with Crippen LogP contribution in [-0.4, -0.2) is 55.1 Å². The van der Waals surface area contributed by atoms with Gasteiger partial charge in [0.1, 0.15) is 0 Å². The topological polar surface area (TPSA) is 100 Å². The lowest BCUT2D eigenvalue weighted by molar-refractivity contribution is -0.122. The number of primary amides is 1. The van der Waals surface area contributed by atoms with Crippen molar-refractivity contribution in [1.29, 1.82) is 0 Å². The van der Waals surface area contributed by atoms with Crippen LogP contribution in [0.5, 0.6) is 0 Å². The molecule has 20 heavy (non-hydrogen) atoms. The van der Waals surface area contributed by atoms with Gasteiger partial charge in [0.25, 0.3) is 0 Å². The fourth-order valence-electron chi connectivity index (χ4n) is 2.20. The maximum Gasteiger partial charge on any atom is 0.231 e. The van der Waals surface area contributed by atoms with Crippen LogP contribution >= 0.6 is 0 Å². The molecule has 1 aliphatic heterocycles. The van der Waals surface area contributed by atoms with E-state index < -0.39 is 0 Å². The molecule has 1 unspecified atom stereocenters. The molecule has 0 aromatic carbocycles. The molecule has 1 aromatic rings. The van der Waals surface area contributed by atoms with Crippen LogP contribution in [0.4, 0.5) is 17.8 Å². The van der Waals surface area contributed by atoms with Crippen molar-refractivity contribution in [2.75, 3.05) is 49.3 Å². The highest BCUT2D eigenvalue weighted by Gasteiger charge is 2.26. The molecule has 1 aliphatic rings. The average Bonchev–Trinajstić information content (AvgIpc) is 2.46. The molecule has 0 radical (unpaired) electrons. The molecule has 0 spiro atoms. The van der Waals surface area contributed by atoms with Gasteiger partial charge in [0.15, 0.2) is 0 Å². The van der Waals surface area contributed by atoms with Crippen LogP contribution in [0.25, 0.3) is 0 Å². The molecule has 3 N–H and O–H groups in total. The fourth-order valence-corrected chi connectivity index (χ4v) is 2.20. The maximum absolute atomic E-state index is 11.4. The summed E-state index contributed by atoms with van der Waals surface area (Å²) in [6.45, 7) is 1.39. The van der Waals surface area contributed by atoms with Gasteiger partial charge in [-0.25, -0.2) is 0 Å². The summed E-state index contributed by atoms with van der Waals surface area (Å²) in [6.07, 6.45) is 1.74. The number of nitrogens with two attached hydrogens (primary N) is 1. The van der Waals surface area contributed by atoms with E-state index in [-0.39, 0.29) is 11.8 Å². The SMILES string of the molecule is CNc1nc(N(C)C)nc(N2CCCC(C(N)=O)C2)n1. The minimum Gasteiger partial charge on any atom is -0.369 e. The van der Waals surface area contributed by atoms with E-state index in [0.29, 0.717) is 24.4 Å². The zero-order valence-corrected chi connectivity index (χ0v) is 12.1. The molecular formula is C12H21N7O. The standard InChI is InChI=1S/C12H21N7O/c1-14-10-15-11(18(2)3)17-12(16-10)19-6-4-5-8(7-19)9(13)20/h8H,4-7H2,1-3H3,(H2,13,20)(H,14,15,16,17). The number of aromatic nitrogens is 3. The van der Waals surface area contributed by atoms with E-state index in [1.54, 1.807) is 7.05 Å². The van der Waals surface area contributed by atoms with Crippen molar-refractivity contribution in [2.45, 2.75) is 12.8 Å². The highest BCUT2D eigenvalue weighted by molar-refractivity contribution is 5.77. The van der Waals surface area contributed by atoms with Crippen LogP contribution < -0.4 is 20.9 Å². The number of amides is 1. The third-order valence-corrected chi connectivity index (χ3v) is 3.34. The number of carbonyl (C=O) groups excluding carboxylic acids is 1. The van der Waals surface area contributed by atoms with Crippen molar-refractivity contribution in [2.24, 2.45) is 11.7 Å². The van der Waals surface area contributed by atoms with Gasteiger partial charge in [-0.1, -0.05) is 0 Å². The molecule has 1 fully saturated rings. The number of carbonyl (C=O) groups is 1. The number of nitrogens with one attached hydrogen (secondary N) is 1. The normalized spacial score (nSPS) is 18.8. The van der Waals surface area contributed by atoms with E-state index in [0.717, 1.165) is 19.4 Å². The van der Waals surface area contributed by atoms with Crippen molar-refractivity contribution >= 4 is 23.8 Å². The summed E-state index contributed by atoms with van der Waals surface area (Å²) in [4.78, 5) is 28.2. The van der Waals surface area contributed by atoms with Gasteiger partial charge < -0.3 is 20.9 Å². The Hall–Kier alpha value is -2.12. The molecule has 110 valence electrons. The molecule has 1 atom stereocenters. The second-order valence-corrected chi connectivity index (χ2v) is 5.09. The zero-order chi connectivity index (χ0) is 14.7. The summed E-state index contributed by atoms with van der Waals surface area (Å²) in [7, 11) is 5.52. The number of anilines is 3.